The molecular weight excluding hydrogens is 492 g/mol. The van der Waals surface area contributed by atoms with E-state index in [-0.39, 0.29) is 6.03 Å². The fourth-order valence-corrected chi connectivity index (χ4v) is 4.70. The predicted molar refractivity (Wildman–Crippen MR) is 152 cm³/mol. The number of hydrogen-bond donors (Lipinski definition) is 1. The Kier molecular flexibility index (Phi) is 8.24. The van der Waals surface area contributed by atoms with Crippen molar-refractivity contribution < 1.29 is 14.1 Å². The molecule has 0 bridgehead atoms. The number of nitrogens with zero attached hydrogens (tertiary/aromatic N) is 5. The van der Waals surface area contributed by atoms with Gasteiger partial charge in [-0.25, -0.2) is 9.78 Å². The van der Waals surface area contributed by atoms with Crippen molar-refractivity contribution in [2.24, 2.45) is 5.92 Å². The highest BCUT2D eigenvalue weighted by Gasteiger charge is 2.27. The van der Waals surface area contributed by atoms with E-state index in [9.17, 15) is 4.79 Å². The highest BCUT2D eigenvalue weighted by atomic mass is 16.5. The predicted octanol–water partition coefficient (Wildman–Crippen LogP) is 5.91. The second-order valence-electron chi connectivity index (χ2n) is 10.3. The zero-order chi connectivity index (χ0) is 27.2. The Hall–Kier alpha value is -4.14. The fourth-order valence-electron chi connectivity index (χ4n) is 4.70. The van der Waals surface area contributed by atoms with Gasteiger partial charge in [0.05, 0.1) is 0 Å². The number of anilines is 1. The van der Waals surface area contributed by atoms with Gasteiger partial charge >= 0.3 is 6.03 Å². The summed E-state index contributed by atoms with van der Waals surface area (Å²) >= 11 is 0. The van der Waals surface area contributed by atoms with Crippen molar-refractivity contribution in [2.75, 3.05) is 37.6 Å². The van der Waals surface area contributed by atoms with Gasteiger partial charge in [0.2, 0.25) is 0 Å². The van der Waals surface area contributed by atoms with Crippen molar-refractivity contribution in [1.29, 1.82) is 0 Å². The summed E-state index contributed by atoms with van der Waals surface area (Å²) in [5.74, 6) is 3.40. The molecule has 2 amide bonds. The topological polar surface area (TPSA) is 96.6 Å². The van der Waals surface area contributed by atoms with Crippen LogP contribution in [0.2, 0.25) is 0 Å². The molecule has 1 aliphatic heterocycles. The van der Waals surface area contributed by atoms with Gasteiger partial charge < -0.3 is 24.4 Å². The SMILES string of the molecule is CCCCNC(=O)N1CCN(c2nc(CC(C)C)nc3onc(-c4cccc(Oc5ccccc5)c4)c23)CC1. The Balaban J connectivity index is 1.45. The number of nitrogens with one attached hydrogen (secondary N) is 1. The first-order valence-corrected chi connectivity index (χ1v) is 13.8. The quantitative estimate of drug-likeness (QED) is 0.270. The molecule has 1 aliphatic rings. The van der Waals surface area contributed by atoms with E-state index in [1.54, 1.807) is 0 Å². The van der Waals surface area contributed by atoms with E-state index >= 15 is 0 Å². The van der Waals surface area contributed by atoms with Crippen LogP contribution in [0.5, 0.6) is 11.5 Å². The number of benzene rings is 2. The van der Waals surface area contributed by atoms with Crippen LogP contribution in [0.1, 0.15) is 39.4 Å². The van der Waals surface area contributed by atoms with Gasteiger partial charge in [0.15, 0.2) is 0 Å². The summed E-state index contributed by atoms with van der Waals surface area (Å²) in [5, 5.41) is 8.24. The number of hydrogen-bond acceptors (Lipinski definition) is 7. The van der Waals surface area contributed by atoms with E-state index in [1.165, 1.54) is 0 Å². The number of ether oxygens (including phenoxy) is 1. The zero-order valence-corrected chi connectivity index (χ0v) is 22.9. The van der Waals surface area contributed by atoms with Crippen molar-refractivity contribution in [1.82, 2.24) is 25.3 Å². The normalized spacial score (nSPS) is 13.7. The van der Waals surface area contributed by atoms with Gasteiger partial charge in [0, 0.05) is 44.7 Å². The summed E-state index contributed by atoms with van der Waals surface area (Å²) in [6.45, 7) is 9.67. The number of amides is 2. The molecular formula is C30H36N6O3. The fraction of sp³-hybridized carbons (Fsp3) is 0.400. The molecule has 4 aromatic rings. The molecule has 2 aromatic carbocycles. The lowest BCUT2D eigenvalue weighted by Crippen LogP contribution is -2.52. The number of urea groups is 1. The van der Waals surface area contributed by atoms with Crippen molar-refractivity contribution >= 4 is 22.9 Å². The number of unbranched alkanes of at least 4 members (excludes halogenated alkanes) is 1. The maximum atomic E-state index is 12.6. The summed E-state index contributed by atoms with van der Waals surface area (Å²) in [7, 11) is 0. The van der Waals surface area contributed by atoms with Crippen molar-refractivity contribution in [2.45, 2.75) is 40.0 Å². The minimum Gasteiger partial charge on any atom is -0.457 e. The third-order valence-corrected chi connectivity index (χ3v) is 6.71. The monoisotopic (exact) mass is 528 g/mol. The highest BCUT2D eigenvalue weighted by molar-refractivity contribution is 5.98. The molecule has 0 atom stereocenters. The molecule has 39 heavy (non-hydrogen) atoms. The lowest BCUT2D eigenvalue weighted by atomic mass is 10.1. The third kappa shape index (κ3) is 6.30. The summed E-state index contributed by atoms with van der Waals surface area (Å²) in [6, 6.07) is 17.5. The second kappa shape index (κ2) is 12.1. The molecule has 2 aromatic heterocycles. The van der Waals surface area contributed by atoms with Crippen LogP contribution < -0.4 is 15.0 Å². The molecule has 9 nitrogen and oxygen atoms in total. The van der Waals surface area contributed by atoms with E-state index in [0.29, 0.717) is 55.8 Å². The van der Waals surface area contributed by atoms with Crippen LogP contribution in [0.3, 0.4) is 0 Å². The van der Waals surface area contributed by atoms with E-state index in [0.717, 1.165) is 47.6 Å². The number of piperazine rings is 1. The molecule has 0 unspecified atom stereocenters. The van der Waals surface area contributed by atoms with Crippen LogP contribution >= 0.6 is 0 Å². The molecule has 204 valence electrons. The average molecular weight is 529 g/mol. The third-order valence-electron chi connectivity index (χ3n) is 6.71. The van der Waals surface area contributed by atoms with Gasteiger partial charge in [-0.2, -0.15) is 4.98 Å². The molecule has 0 saturated carbocycles. The van der Waals surface area contributed by atoms with Crippen LogP contribution in [0.4, 0.5) is 10.6 Å². The Morgan fingerprint density at radius 3 is 2.54 bits per heavy atom. The molecule has 0 spiro atoms. The van der Waals surface area contributed by atoms with Gasteiger partial charge in [-0.1, -0.05) is 62.7 Å². The largest absolute Gasteiger partial charge is 0.457 e. The molecule has 3 heterocycles. The number of fused-ring (bicyclic) bond motifs is 1. The summed E-state index contributed by atoms with van der Waals surface area (Å²) in [4.78, 5) is 26.4. The number of carbonyl (C=O) groups excluding carboxylic acids is 1. The molecule has 0 radical (unpaired) electrons. The summed E-state index contributed by atoms with van der Waals surface area (Å²) in [6.07, 6.45) is 2.77. The lowest BCUT2D eigenvalue weighted by Gasteiger charge is -2.35. The van der Waals surface area contributed by atoms with Crippen molar-refractivity contribution in [3.05, 3.63) is 60.4 Å². The van der Waals surface area contributed by atoms with Gasteiger partial charge in [-0.3, -0.25) is 0 Å². The second-order valence-corrected chi connectivity index (χ2v) is 10.3. The van der Waals surface area contributed by atoms with Gasteiger partial charge in [-0.15, -0.1) is 0 Å². The Labute approximate surface area is 229 Å². The number of aromatic nitrogens is 3. The van der Waals surface area contributed by atoms with Crippen LogP contribution in [0.15, 0.2) is 59.1 Å². The first-order valence-electron chi connectivity index (χ1n) is 13.8. The van der Waals surface area contributed by atoms with Gasteiger partial charge in [0.25, 0.3) is 5.71 Å². The van der Waals surface area contributed by atoms with E-state index in [1.807, 2.05) is 59.5 Å². The van der Waals surface area contributed by atoms with Crippen LogP contribution in [-0.4, -0.2) is 58.8 Å². The summed E-state index contributed by atoms with van der Waals surface area (Å²) < 4.78 is 11.9. The number of carbonyl (C=O) groups is 1. The molecule has 9 heteroatoms. The average Bonchev–Trinajstić information content (AvgIpc) is 3.37. The molecule has 0 aliphatic carbocycles. The van der Waals surface area contributed by atoms with Crippen LogP contribution in [0.25, 0.3) is 22.4 Å². The van der Waals surface area contributed by atoms with Gasteiger partial charge in [-0.05, 0) is 36.6 Å². The standard InChI is InChI=1S/C30H36N6O3/c1-4-5-14-31-30(37)36-17-15-35(16-18-36)28-26-27(34-39-29(26)33-25(32-28)19-21(2)3)22-10-9-13-24(20-22)38-23-11-7-6-8-12-23/h6-13,20-21H,4-5,14-19H2,1-3H3,(H,31,37). The van der Waals surface area contributed by atoms with E-state index in [4.69, 9.17) is 19.2 Å². The first kappa shape index (κ1) is 26.5. The zero-order valence-electron chi connectivity index (χ0n) is 22.9. The summed E-state index contributed by atoms with van der Waals surface area (Å²) in [5.41, 5.74) is 2.01. The maximum Gasteiger partial charge on any atom is 0.317 e. The minimum absolute atomic E-state index is 0.00247. The Morgan fingerprint density at radius 1 is 1.03 bits per heavy atom. The molecule has 5 rings (SSSR count). The van der Waals surface area contributed by atoms with Gasteiger partial charge in [0.1, 0.15) is 34.2 Å². The van der Waals surface area contributed by atoms with E-state index in [2.05, 4.69) is 36.1 Å². The smallest absolute Gasteiger partial charge is 0.317 e. The molecule has 1 fully saturated rings. The Morgan fingerprint density at radius 2 is 1.79 bits per heavy atom. The van der Waals surface area contributed by atoms with Crippen molar-refractivity contribution in [3.8, 4) is 22.8 Å². The maximum absolute atomic E-state index is 12.6. The minimum atomic E-state index is -0.00247. The highest BCUT2D eigenvalue weighted by Crippen LogP contribution is 2.36. The first-order chi connectivity index (χ1) is 19.0. The van der Waals surface area contributed by atoms with E-state index < -0.39 is 0 Å². The van der Waals surface area contributed by atoms with Crippen molar-refractivity contribution in [3.63, 3.8) is 0 Å². The number of para-hydroxylation sites is 1. The molecule has 1 N–H and O–H groups in total. The number of rotatable bonds is 9. The lowest BCUT2D eigenvalue weighted by molar-refractivity contribution is 0.194. The van der Waals surface area contributed by atoms with Crippen LogP contribution in [0, 0.1) is 5.92 Å². The molecule has 1 saturated heterocycles. The Bertz CT molecular complexity index is 1400. The van der Waals surface area contributed by atoms with Crippen LogP contribution in [-0.2, 0) is 6.42 Å².